The molecule has 0 spiro atoms. The third-order valence-corrected chi connectivity index (χ3v) is 2.75. The SMILES string of the molecule is CC1CC1CNC(=O)c1cc(N)c[nH]1. The van der Waals surface area contributed by atoms with E-state index in [4.69, 9.17) is 5.73 Å². The predicted molar refractivity (Wildman–Crippen MR) is 54.8 cm³/mol. The Morgan fingerprint density at radius 1 is 1.79 bits per heavy atom. The van der Waals surface area contributed by atoms with Gasteiger partial charge in [0.15, 0.2) is 0 Å². The molecule has 0 aromatic carbocycles. The molecule has 4 nitrogen and oxygen atoms in total. The van der Waals surface area contributed by atoms with Crippen LogP contribution in [0.5, 0.6) is 0 Å². The maximum absolute atomic E-state index is 11.5. The first-order valence-corrected chi connectivity index (χ1v) is 4.89. The second kappa shape index (κ2) is 3.36. The second-order valence-electron chi connectivity index (χ2n) is 4.03. The number of carbonyl (C=O) groups is 1. The average molecular weight is 193 g/mol. The fourth-order valence-electron chi connectivity index (χ4n) is 1.54. The molecule has 1 aromatic rings. The molecule has 0 saturated heterocycles. The standard InChI is InChI=1S/C10H15N3O/c1-6-2-7(6)4-13-10(14)9-3-8(11)5-12-9/h3,5-7,12H,2,4,11H2,1H3,(H,13,14). The summed E-state index contributed by atoms with van der Waals surface area (Å²) in [6.07, 6.45) is 2.85. The van der Waals surface area contributed by atoms with Gasteiger partial charge in [-0.25, -0.2) is 0 Å². The van der Waals surface area contributed by atoms with Crippen LogP contribution in [0.3, 0.4) is 0 Å². The normalized spacial score (nSPS) is 24.6. The number of nitrogen functional groups attached to an aromatic ring is 1. The molecule has 0 bridgehead atoms. The topological polar surface area (TPSA) is 70.9 Å². The van der Waals surface area contributed by atoms with Crippen molar-refractivity contribution in [2.45, 2.75) is 13.3 Å². The Bertz CT molecular complexity index is 345. The lowest BCUT2D eigenvalue weighted by atomic mass is 10.3. The van der Waals surface area contributed by atoms with Crippen LogP contribution in [-0.4, -0.2) is 17.4 Å². The first-order chi connectivity index (χ1) is 6.66. The van der Waals surface area contributed by atoms with Crippen molar-refractivity contribution in [3.63, 3.8) is 0 Å². The minimum absolute atomic E-state index is 0.0687. The zero-order valence-electron chi connectivity index (χ0n) is 8.21. The van der Waals surface area contributed by atoms with Crippen molar-refractivity contribution in [1.29, 1.82) is 0 Å². The molecule has 2 unspecified atom stereocenters. The lowest BCUT2D eigenvalue weighted by Gasteiger charge is -2.01. The van der Waals surface area contributed by atoms with E-state index < -0.39 is 0 Å². The number of aromatic amines is 1. The van der Waals surface area contributed by atoms with Crippen LogP contribution in [0.2, 0.25) is 0 Å². The molecular formula is C10H15N3O. The Morgan fingerprint density at radius 3 is 3.00 bits per heavy atom. The lowest BCUT2D eigenvalue weighted by Crippen LogP contribution is -2.26. The summed E-state index contributed by atoms with van der Waals surface area (Å²) in [6.45, 7) is 2.97. The number of nitrogens with one attached hydrogen (secondary N) is 2. The summed E-state index contributed by atoms with van der Waals surface area (Å²) in [5, 5.41) is 2.88. The molecule has 76 valence electrons. The van der Waals surface area contributed by atoms with Crippen LogP contribution in [-0.2, 0) is 0 Å². The molecular weight excluding hydrogens is 178 g/mol. The third kappa shape index (κ3) is 1.89. The molecule has 2 rings (SSSR count). The van der Waals surface area contributed by atoms with Crippen molar-refractivity contribution in [2.24, 2.45) is 11.8 Å². The van der Waals surface area contributed by atoms with Crippen LogP contribution in [0.25, 0.3) is 0 Å². The molecule has 14 heavy (non-hydrogen) atoms. The van der Waals surface area contributed by atoms with E-state index in [1.165, 1.54) is 6.42 Å². The molecule has 0 aliphatic heterocycles. The maximum Gasteiger partial charge on any atom is 0.267 e. The molecule has 0 radical (unpaired) electrons. The van der Waals surface area contributed by atoms with E-state index in [0.717, 1.165) is 12.5 Å². The molecule has 2 atom stereocenters. The molecule has 4 heteroatoms. The predicted octanol–water partition coefficient (Wildman–Crippen LogP) is 0.983. The van der Waals surface area contributed by atoms with Crippen molar-refractivity contribution >= 4 is 11.6 Å². The number of nitrogens with two attached hydrogens (primary N) is 1. The van der Waals surface area contributed by atoms with Gasteiger partial charge in [-0.3, -0.25) is 4.79 Å². The number of aromatic nitrogens is 1. The highest BCUT2D eigenvalue weighted by atomic mass is 16.1. The number of carbonyl (C=O) groups excluding carboxylic acids is 1. The number of rotatable bonds is 3. The average Bonchev–Trinajstić information content (AvgIpc) is 2.66. The van der Waals surface area contributed by atoms with Gasteiger partial charge in [0.2, 0.25) is 0 Å². The highest BCUT2D eigenvalue weighted by molar-refractivity contribution is 5.93. The quantitative estimate of drug-likeness (QED) is 0.669. The number of hydrogen-bond donors (Lipinski definition) is 3. The largest absolute Gasteiger partial charge is 0.397 e. The molecule has 1 aromatic heterocycles. The summed E-state index contributed by atoms with van der Waals surface area (Å²) in [7, 11) is 0. The summed E-state index contributed by atoms with van der Waals surface area (Å²) in [6, 6.07) is 1.64. The van der Waals surface area contributed by atoms with Gasteiger partial charge in [-0.2, -0.15) is 0 Å². The number of hydrogen-bond acceptors (Lipinski definition) is 2. The van der Waals surface area contributed by atoms with E-state index in [-0.39, 0.29) is 5.91 Å². The molecule has 4 N–H and O–H groups in total. The van der Waals surface area contributed by atoms with Crippen molar-refractivity contribution in [1.82, 2.24) is 10.3 Å². The zero-order chi connectivity index (χ0) is 10.1. The van der Waals surface area contributed by atoms with Gasteiger partial charge >= 0.3 is 0 Å². The van der Waals surface area contributed by atoms with Gasteiger partial charge in [-0.15, -0.1) is 0 Å². The summed E-state index contributed by atoms with van der Waals surface area (Å²) in [5.74, 6) is 1.37. The molecule has 1 fully saturated rings. The van der Waals surface area contributed by atoms with Crippen molar-refractivity contribution in [3.05, 3.63) is 18.0 Å². The Morgan fingerprint density at radius 2 is 2.50 bits per heavy atom. The van der Waals surface area contributed by atoms with Crippen molar-refractivity contribution < 1.29 is 4.79 Å². The van der Waals surface area contributed by atoms with Crippen LogP contribution in [0, 0.1) is 11.8 Å². The maximum atomic E-state index is 11.5. The molecule has 1 amide bonds. The Labute approximate surface area is 82.9 Å². The Balaban J connectivity index is 1.83. The molecule has 1 aliphatic carbocycles. The van der Waals surface area contributed by atoms with E-state index in [2.05, 4.69) is 17.2 Å². The zero-order valence-corrected chi connectivity index (χ0v) is 8.21. The van der Waals surface area contributed by atoms with Crippen LogP contribution in [0.4, 0.5) is 5.69 Å². The summed E-state index contributed by atoms with van der Waals surface area (Å²) in [4.78, 5) is 14.3. The summed E-state index contributed by atoms with van der Waals surface area (Å²) in [5.41, 5.74) is 6.63. The van der Waals surface area contributed by atoms with Crippen LogP contribution >= 0.6 is 0 Å². The number of anilines is 1. The summed E-state index contributed by atoms with van der Waals surface area (Å²) < 4.78 is 0. The second-order valence-corrected chi connectivity index (χ2v) is 4.03. The first-order valence-electron chi connectivity index (χ1n) is 4.89. The highest BCUT2D eigenvalue weighted by Gasteiger charge is 2.32. The van der Waals surface area contributed by atoms with E-state index in [1.807, 2.05) is 0 Å². The summed E-state index contributed by atoms with van der Waals surface area (Å²) >= 11 is 0. The first kappa shape index (κ1) is 9.12. The van der Waals surface area contributed by atoms with Crippen LogP contribution in [0.15, 0.2) is 12.3 Å². The van der Waals surface area contributed by atoms with E-state index in [1.54, 1.807) is 12.3 Å². The van der Waals surface area contributed by atoms with Gasteiger partial charge in [0, 0.05) is 18.4 Å². The Kier molecular flexibility index (Phi) is 2.19. The smallest absolute Gasteiger partial charge is 0.267 e. The van der Waals surface area contributed by atoms with Gasteiger partial charge in [-0.1, -0.05) is 6.92 Å². The van der Waals surface area contributed by atoms with Crippen molar-refractivity contribution in [2.75, 3.05) is 12.3 Å². The van der Waals surface area contributed by atoms with Crippen LogP contribution in [0.1, 0.15) is 23.8 Å². The fraction of sp³-hybridized carbons (Fsp3) is 0.500. The van der Waals surface area contributed by atoms with E-state index >= 15 is 0 Å². The minimum atomic E-state index is -0.0687. The fourth-order valence-corrected chi connectivity index (χ4v) is 1.54. The van der Waals surface area contributed by atoms with Gasteiger partial charge in [0.1, 0.15) is 5.69 Å². The Hall–Kier alpha value is -1.45. The van der Waals surface area contributed by atoms with Gasteiger partial charge in [0.05, 0.1) is 0 Å². The molecule has 1 heterocycles. The van der Waals surface area contributed by atoms with Gasteiger partial charge in [0.25, 0.3) is 5.91 Å². The minimum Gasteiger partial charge on any atom is -0.397 e. The number of H-pyrrole nitrogens is 1. The molecule has 1 saturated carbocycles. The van der Waals surface area contributed by atoms with Crippen molar-refractivity contribution in [3.8, 4) is 0 Å². The third-order valence-electron chi connectivity index (χ3n) is 2.75. The highest BCUT2D eigenvalue weighted by Crippen LogP contribution is 2.36. The van der Waals surface area contributed by atoms with E-state index in [9.17, 15) is 4.79 Å². The number of amides is 1. The van der Waals surface area contributed by atoms with Crippen LogP contribution < -0.4 is 11.1 Å². The van der Waals surface area contributed by atoms with Gasteiger partial charge < -0.3 is 16.0 Å². The lowest BCUT2D eigenvalue weighted by molar-refractivity contribution is 0.0947. The molecule has 1 aliphatic rings. The van der Waals surface area contributed by atoms with E-state index in [0.29, 0.717) is 17.3 Å². The van der Waals surface area contributed by atoms with Gasteiger partial charge in [-0.05, 0) is 24.3 Å². The monoisotopic (exact) mass is 193 g/mol.